The molecule has 3 aromatic rings. The lowest BCUT2D eigenvalue weighted by Gasteiger charge is -2.34. The van der Waals surface area contributed by atoms with Crippen LogP contribution >= 0.6 is 23.2 Å². The van der Waals surface area contributed by atoms with E-state index in [2.05, 4.69) is 0 Å². The number of alkyl halides is 1. The fourth-order valence-electron chi connectivity index (χ4n) is 3.06. The van der Waals surface area contributed by atoms with E-state index in [4.69, 9.17) is 27.9 Å². The third kappa shape index (κ3) is 4.69. The van der Waals surface area contributed by atoms with Crippen LogP contribution in [0.3, 0.4) is 0 Å². The molecule has 3 rings (SSSR count). The van der Waals surface area contributed by atoms with Crippen LogP contribution in [0.15, 0.2) is 88.7 Å². The summed E-state index contributed by atoms with van der Waals surface area (Å²) in [6.45, 7) is 0.991. The van der Waals surface area contributed by atoms with Crippen molar-refractivity contribution < 1.29 is 30.8 Å². The van der Waals surface area contributed by atoms with E-state index in [0.717, 1.165) is 42.5 Å². The molecule has 3 aromatic carbocycles. The van der Waals surface area contributed by atoms with Gasteiger partial charge in [0, 0.05) is 5.56 Å². The first kappa shape index (κ1) is 26.1. The van der Waals surface area contributed by atoms with Crippen molar-refractivity contribution in [3.05, 3.63) is 94.5 Å². The number of carbonyl (C=O) groups excluding carboxylic acids is 1. The van der Waals surface area contributed by atoms with Gasteiger partial charge in [-0.15, -0.1) is 0 Å². The number of halogens is 3. The molecule has 0 bridgehead atoms. The van der Waals surface area contributed by atoms with E-state index in [1.807, 2.05) is 0 Å². The number of ether oxygens (including phenoxy) is 1. The molecule has 0 heterocycles. The van der Waals surface area contributed by atoms with Gasteiger partial charge in [0.2, 0.25) is 0 Å². The van der Waals surface area contributed by atoms with Crippen LogP contribution in [0.2, 0.25) is 10.0 Å². The maximum atomic E-state index is 17.0. The molecule has 0 aliphatic heterocycles. The van der Waals surface area contributed by atoms with Crippen LogP contribution in [-0.4, -0.2) is 33.1 Å². The van der Waals surface area contributed by atoms with Gasteiger partial charge < -0.3 is 4.74 Å². The predicted molar refractivity (Wildman–Crippen MR) is 125 cm³/mol. The van der Waals surface area contributed by atoms with Crippen LogP contribution in [0, 0.1) is 0 Å². The van der Waals surface area contributed by atoms with Crippen LogP contribution < -0.4 is 0 Å². The minimum atomic E-state index is -5.21. The van der Waals surface area contributed by atoms with Crippen LogP contribution in [0.5, 0.6) is 0 Å². The number of hydrogen-bond acceptors (Lipinski definition) is 6. The second-order valence-corrected chi connectivity index (χ2v) is 11.4. The summed E-state index contributed by atoms with van der Waals surface area (Å²) >= 11 is 11.9. The van der Waals surface area contributed by atoms with Crippen LogP contribution in [0.25, 0.3) is 0 Å². The highest BCUT2D eigenvalue weighted by Gasteiger charge is 2.60. The second-order valence-electron chi connectivity index (χ2n) is 6.80. The van der Waals surface area contributed by atoms with E-state index in [0.29, 0.717) is 0 Å². The van der Waals surface area contributed by atoms with Crippen molar-refractivity contribution in [3.63, 3.8) is 0 Å². The van der Waals surface area contributed by atoms with Gasteiger partial charge in [0.15, 0.2) is 0 Å². The van der Waals surface area contributed by atoms with E-state index in [1.165, 1.54) is 43.3 Å². The molecule has 1 unspecified atom stereocenters. The highest BCUT2D eigenvalue weighted by molar-refractivity contribution is 8.04. The number of sulfonamides is 2. The summed E-state index contributed by atoms with van der Waals surface area (Å²) in [4.78, 5) is 11.9. The normalized spacial score (nSPS) is 13.9. The van der Waals surface area contributed by atoms with Crippen molar-refractivity contribution in [2.45, 2.75) is 22.5 Å². The Morgan fingerprint density at radius 1 is 0.853 bits per heavy atom. The van der Waals surface area contributed by atoms with Gasteiger partial charge in [-0.2, -0.15) is 0 Å². The molecule has 0 saturated heterocycles. The third-order valence-electron chi connectivity index (χ3n) is 4.62. The Balaban J connectivity index is 2.44. The zero-order valence-electron chi connectivity index (χ0n) is 17.6. The largest absolute Gasteiger partial charge is 0.462 e. The third-order valence-corrected chi connectivity index (χ3v) is 9.65. The molecule has 12 heteroatoms. The molecule has 180 valence electrons. The average Bonchev–Trinajstić information content (AvgIpc) is 2.81. The fourth-order valence-corrected chi connectivity index (χ4v) is 7.32. The van der Waals surface area contributed by atoms with Crippen LogP contribution in [0.4, 0.5) is 4.39 Å². The summed E-state index contributed by atoms with van der Waals surface area (Å²) in [6.07, 6.45) is 0. The molecule has 0 radical (unpaired) electrons. The molecule has 7 nitrogen and oxygen atoms in total. The van der Waals surface area contributed by atoms with Gasteiger partial charge in [-0.3, -0.25) is 0 Å². The monoisotopic (exact) mass is 545 g/mol. The van der Waals surface area contributed by atoms with Gasteiger partial charge in [-0.05, 0) is 47.0 Å². The Bertz CT molecular complexity index is 1330. The van der Waals surface area contributed by atoms with Gasteiger partial charge in [-0.1, -0.05) is 65.7 Å². The van der Waals surface area contributed by atoms with Gasteiger partial charge in [0.25, 0.3) is 20.0 Å². The predicted octanol–water partition coefficient (Wildman–Crippen LogP) is 4.76. The molecule has 0 saturated carbocycles. The SMILES string of the molecule is CCOC(=O)C(F)(c1ccc(Cl)c(Cl)c1)N(S(=O)(=O)c1ccccc1)S(=O)(=O)c1ccccc1. The van der Waals surface area contributed by atoms with Crippen molar-refractivity contribution in [1.29, 1.82) is 0 Å². The number of benzene rings is 3. The summed E-state index contributed by atoms with van der Waals surface area (Å²) in [7, 11) is -10.4. The van der Waals surface area contributed by atoms with E-state index < -0.39 is 50.9 Å². The maximum absolute atomic E-state index is 17.0. The fraction of sp³-hybridized carbons (Fsp3) is 0.136. The first-order valence-electron chi connectivity index (χ1n) is 9.69. The molecule has 0 aliphatic carbocycles. The lowest BCUT2D eigenvalue weighted by molar-refractivity contribution is -0.164. The second kappa shape index (κ2) is 10.0. The maximum Gasteiger partial charge on any atom is 0.366 e. The van der Waals surface area contributed by atoms with Gasteiger partial charge in [-0.25, -0.2) is 26.0 Å². The molecular weight excluding hydrogens is 528 g/mol. The number of esters is 1. The summed E-state index contributed by atoms with van der Waals surface area (Å²) in [6, 6.07) is 15.5. The molecule has 0 aromatic heterocycles. The molecule has 0 N–H and O–H groups in total. The van der Waals surface area contributed by atoms with Gasteiger partial charge in [0.1, 0.15) is 0 Å². The summed E-state index contributed by atoms with van der Waals surface area (Å²) in [5.41, 5.74) is -0.709. The zero-order chi connectivity index (χ0) is 25.1. The Morgan fingerprint density at radius 2 is 1.32 bits per heavy atom. The van der Waals surface area contributed by atoms with E-state index in [9.17, 15) is 21.6 Å². The van der Waals surface area contributed by atoms with Crippen LogP contribution in [-0.2, 0) is 35.4 Å². The molecule has 0 amide bonds. The molecule has 1 atom stereocenters. The summed E-state index contributed by atoms with van der Waals surface area (Å²) < 4.78 is 76.1. The number of hydrogen-bond donors (Lipinski definition) is 0. The Hall–Kier alpha value is -2.50. The number of nitrogens with zero attached hydrogens (tertiary/aromatic N) is 1. The molecule has 34 heavy (non-hydrogen) atoms. The zero-order valence-corrected chi connectivity index (χ0v) is 20.7. The molecule has 0 fully saturated rings. The number of rotatable bonds is 8. The topological polar surface area (TPSA) is 97.8 Å². The molecule has 0 spiro atoms. The van der Waals surface area contributed by atoms with E-state index >= 15 is 4.39 Å². The first-order valence-corrected chi connectivity index (χ1v) is 13.3. The lowest BCUT2D eigenvalue weighted by Crippen LogP contribution is -2.54. The minimum absolute atomic E-state index is 0.0278. The van der Waals surface area contributed by atoms with Crippen LogP contribution in [0.1, 0.15) is 12.5 Å². The highest BCUT2D eigenvalue weighted by atomic mass is 35.5. The minimum Gasteiger partial charge on any atom is -0.462 e. The van der Waals surface area contributed by atoms with E-state index in [1.54, 1.807) is 0 Å². The van der Waals surface area contributed by atoms with Crippen molar-refractivity contribution in [1.82, 2.24) is 3.71 Å². The quantitative estimate of drug-likeness (QED) is 0.299. The molecular formula is C22H18Cl2FNO6S2. The summed E-state index contributed by atoms with van der Waals surface area (Å²) in [5.74, 6) is -5.64. The van der Waals surface area contributed by atoms with Gasteiger partial charge >= 0.3 is 11.8 Å². The first-order chi connectivity index (χ1) is 16.0. The number of carbonyl (C=O) groups is 1. The van der Waals surface area contributed by atoms with Crippen molar-refractivity contribution >= 4 is 49.2 Å². The lowest BCUT2D eigenvalue weighted by atomic mass is 10.1. The Labute approximate surface area is 206 Å². The smallest absolute Gasteiger partial charge is 0.366 e. The highest BCUT2D eigenvalue weighted by Crippen LogP contribution is 2.42. The van der Waals surface area contributed by atoms with Crippen molar-refractivity contribution in [3.8, 4) is 0 Å². The Morgan fingerprint density at radius 3 is 1.74 bits per heavy atom. The van der Waals surface area contributed by atoms with Crippen molar-refractivity contribution in [2.75, 3.05) is 6.61 Å². The molecule has 0 aliphatic rings. The average molecular weight is 546 g/mol. The summed E-state index contributed by atoms with van der Waals surface area (Å²) in [5, 5.41) is -0.264. The Kier molecular flexibility index (Phi) is 7.69. The van der Waals surface area contributed by atoms with Crippen molar-refractivity contribution in [2.24, 2.45) is 0 Å². The van der Waals surface area contributed by atoms with Gasteiger partial charge in [0.05, 0.1) is 26.4 Å². The van der Waals surface area contributed by atoms with E-state index in [-0.39, 0.29) is 16.7 Å². The standard InChI is InChI=1S/C22H18Cl2FNO6S2/c1-2-32-21(27)22(25,16-13-14-19(23)20(24)15-16)26(33(28,29)17-9-5-3-6-10-17)34(30,31)18-11-7-4-8-12-18/h3-15H,2H2,1H3.